The minimum Gasteiger partial charge on any atom is -0.368 e. The van der Waals surface area contributed by atoms with Gasteiger partial charge in [0.1, 0.15) is 5.69 Å². The van der Waals surface area contributed by atoms with Crippen molar-refractivity contribution in [2.45, 2.75) is 32.6 Å². The first-order chi connectivity index (χ1) is 19.4. The number of anilines is 3. The number of carbonyl (C=O) groups excluding carboxylic acids is 2. The Morgan fingerprint density at radius 2 is 1.45 bits per heavy atom. The number of piperazine rings is 1. The van der Waals surface area contributed by atoms with Crippen LogP contribution in [0.5, 0.6) is 0 Å². The summed E-state index contributed by atoms with van der Waals surface area (Å²) in [5.74, 6) is -0.329. The molecule has 3 aromatic carbocycles. The van der Waals surface area contributed by atoms with Crippen LogP contribution in [0.15, 0.2) is 66.7 Å². The highest BCUT2D eigenvalue weighted by molar-refractivity contribution is 6.05. The van der Waals surface area contributed by atoms with Crippen LogP contribution in [-0.2, 0) is 6.42 Å². The molecule has 2 aliphatic rings. The first-order valence-electron chi connectivity index (χ1n) is 14.0. The van der Waals surface area contributed by atoms with Crippen molar-refractivity contribution in [3.63, 3.8) is 0 Å². The zero-order chi connectivity index (χ0) is 28.1. The van der Waals surface area contributed by atoms with Crippen LogP contribution >= 0.6 is 0 Å². The molecule has 0 unspecified atom stereocenters. The number of amides is 2. The predicted octanol–water partition coefficient (Wildman–Crippen LogP) is 5.36. The van der Waals surface area contributed by atoms with E-state index in [1.165, 1.54) is 11.6 Å². The van der Waals surface area contributed by atoms with Crippen LogP contribution < -0.4 is 15.1 Å². The average Bonchev–Trinajstić information content (AvgIpc) is 3.01. The third-order valence-electron chi connectivity index (χ3n) is 7.80. The molecule has 2 amide bonds. The van der Waals surface area contributed by atoms with Crippen LogP contribution in [0, 0.1) is 10.1 Å². The van der Waals surface area contributed by atoms with Crippen molar-refractivity contribution in [1.82, 2.24) is 4.90 Å². The molecule has 2 fully saturated rings. The molecule has 1 N–H and O–H groups in total. The summed E-state index contributed by atoms with van der Waals surface area (Å²) in [5.41, 5.74) is 4.34. The number of nitro groups is 1. The van der Waals surface area contributed by atoms with Crippen molar-refractivity contribution < 1.29 is 14.5 Å². The molecule has 5 rings (SSSR count). The van der Waals surface area contributed by atoms with Crippen LogP contribution in [0.25, 0.3) is 0 Å². The van der Waals surface area contributed by atoms with Gasteiger partial charge in [0.2, 0.25) is 0 Å². The highest BCUT2D eigenvalue weighted by atomic mass is 16.6. The zero-order valence-electron chi connectivity index (χ0n) is 22.8. The summed E-state index contributed by atoms with van der Waals surface area (Å²) in [4.78, 5) is 43.3. The minimum absolute atomic E-state index is 0.0412. The molecule has 0 aromatic heterocycles. The maximum Gasteiger partial charge on any atom is 0.293 e. The maximum atomic E-state index is 12.9. The minimum atomic E-state index is -0.412. The molecule has 2 saturated heterocycles. The van der Waals surface area contributed by atoms with Crippen molar-refractivity contribution >= 4 is 34.6 Å². The normalized spacial score (nSPS) is 15.6. The van der Waals surface area contributed by atoms with E-state index >= 15 is 0 Å². The molecule has 0 spiro atoms. The first-order valence-corrected chi connectivity index (χ1v) is 14.0. The van der Waals surface area contributed by atoms with E-state index in [1.807, 2.05) is 58.3 Å². The predicted molar refractivity (Wildman–Crippen MR) is 157 cm³/mol. The van der Waals surface area contributed by atoms with Crippen molar-refractivity contribution in [3.05, 3.63) is 93.5 Å². The van der Waals surface area contributed by atoms with E-state index in [-0.39, 0.29) is 23.1 Å². The van der Waals surface area contributed by atoms with E-state index in [2.05, 4.69) is 17.1 Å². The van der Waals surface area contributed by atoms with Crippen LogP contribution in [0.3, 0.4) is 0 Å². The number of rotatable bonds is 7. The Bertz CT molecular complexity index is 1360. The highest BCUT2D eigenvalue weighted by Gasteiger charge is 2.24. The monoisotopic (exact) mass is 541 g/mol. The van der Waals surface area contributed by atoms with Crippen molar-refractivity contribution in [3.8, 4) is 0 Å². The van der Waals surface area contributed by atoms with E-state index in [4.69, 9.17) is 0 Å². The van der Waals surface area contributed by atoms with Gasteiger partial charge in [-0.15, -0.1) is 0 Å². The third-order valence-corrected chi connectivity index (χ3v) is 7.80. The van der Waals surface area contributed by atoms with E-state index in [0.29, 0.717) is 24.5 Å². The molecule has 0 atom stereocenters. The smallest absolute Gasteiger partial charge is 0.293 e. The number of piperidine rings is 1. The molecule has 0 radical (unpaired) electrons. The average molecular weight is 542 g/mol. The molecule has 2 aliphatic heterocycles. The van der Waals surface area contributed by atoms with Crippen LogP contribution in [-0.4, -0.2) is 60.9 Å². The lowest BCUT2D eigenvalue weighted by molar-refractivity contribution is -0.384. The van der Waals surface area contributed by atoms with Gasteiger partial charge in [-0.05, 0) is 79.8 Å². The van der Waals surface area contributed by atoms with E-state index in [9.17, 15) is 19.7 Å². The lowest BCUT2D eigenvalue weighted by Gasteiger charge is -2.36. The number of hydrogen-bond acceptors (Lipinski definition) is 6. The van der Waals surface area contributed by atoms with Gasteiger partial charge in [-0.25, -0.2) is 0 Å². The van der Waals surface area contributed by atoms with Crippen LogP contribution in [0.4, 0.5) is 22.7 Å². The van der Waals surface area contributed by atoms with Gasteiger partial charge >= 0.3 is 0 Å². The third kappa shape index (κ3) is 6.09. The number of benzene rings is 3. The fraction of sp³-hybridized carbons (Fsp3) is 0.355. The van der Waals surface area contributed by atoms with Gasteiger partial charge in [-0.2, -0.15) is 0 Å². The van der Waals surface area contributed by atoms with Crippen LogP contribution in [0.1, 0.15) is 52.5 Å². The van der Waals surface area contributed by atoms with Gasteiger partial charge in [-0.3, -0.25) is 19.7 Å². The Balaban J connectivity index is 1.18. The molecule has 2 heterocycles. The number of carbonyl (C=O) groups is 2. The fourth-order valence-corrected chi connectivity index (χ4v) is 5.41. The van der Waals surface area contributed by atoms with Gasteiger partial charge in [-0.1, -0.05) is 19.1 Å². The van der Waals surface area contributed by atoms with Gasteiger partial charge in [0, 0.05) is 67.8 Å². The topological polar surface area (TPSA) is 99.0 Å². The standard InChI is InChI=1S/C31H35N5O4/c1-2-23-6-8-24(9-7-23)31(38)35-20-18-33(19-21-35)27-13-11-26(12-14-27)32-30(37)25-10-15-28(29(22-25)36(39)40)34-16-4-3-5-17-34/h6-15,22H,2-5,16-21H2,1H3,(H,32,37). The van der Waals surface area contributed by atoms with Gasteiger partial charge in [0.25, 0.3) is 17.5 Å². The lowest BCUT2D eigenvalue weighted by Crippen LogP contribution is -2.48. The number of nitrogens with one attached hydrogen (secondary N) is 1. The second-order valence-corrected chi connectivity index (χ2v) is 10.3. The Morgan fingerprint density at radius 1 is 0.800 bits per heavy atom. The maximum absolute atomic E-state index is 12.9. The number of nitro benzene ring substituents is 1. The summed E-state index contributed by atoms with van der Waals surface area (Å²) in [7, 11) is 0. The molecule has 0 saturated carbocycles. The summed E-state index contributed by atoms with van der Waals surface area (Å²) in [6.07, 6.45) is 4.10. The van der Waals surface area contributed by atoms with Gasteiger partial charge in [0.05, 0.1) is 4.92 Å². The zero-order valence-corrected chi connectivity index (χ0v) is 22.8. The Labute approximate surface area is 234 Å². The van der Waals surface area contributed by atoms with Crippen LogP contribution in [0.2, 0.25) is 0 Å². The molecule has 0 aliphatic carbocycles. The second-order valence-electron chi connectivity index (χ2n) is 10.3. The van der Waals surface area contributed by atoms with Gasteiger partial charge in [0.15, 0.2) is 0 Å². The largest absolute Gasteiger partial charge is 0.368 e. The summed E-state index contributed by atoms with van der Waals surface area (Å²) in [6, 6.07) is 20.1. The molecular formula is C31H35N5O4. The number of nitrogens with zero attached hydrogens (tertiary/aromatic N) is 4. The number of hydrogen-bond donors (Lipinski definition) is 1. The molecule has 3 aromatic rings. The van der Waals surface area contributed by atoms with E-state index in [1.54, 1.807) is 12.1 Å². The SMILES string of the molecule is CCc1ccc(C(=O)N2CCN(c3ccc(NC(=O)c4ccc(N5CCCCC5)c([N+](=O)[O-])c4)cc3)CC2)cc1. The van der Waals surface area contributed by atoms with Crippen molar-refractivity contribution in [2.24, 2.45) is 0 Å². The summed E-state index contributed by atoms with van der Waals surface area (Å²) < 4.78 is 0. The Morgan fingerprint density at radius 3 is 2.08 bits per heavy atom. The van der Waals surface area contributed by atoms with E-state index in [0.717, 1.165) is 63.1 Å². The molecule has 0 bridgehead atoms. The molecule has 40 heavy (non-hydrogen) atoms. The summed E-state index contributed by atoms with van der Waals surface area (Å²) in [5, 5.41) is 14.6. The molecule has 208 valence electrons. The van der Waals surface area contributed by atoms with Crippen molar-refractivity contribution in [1.29, 1.82) is 0 Å². The lowest BCUT2D eigenvalue weighted by atomic mass is 10.1. The summed E-state index contributed by atoms with van der Waals surface area (Å²) >= 11 is 0. The van der Waals surface area contributed by atoms with E-state index < -0.39 is 4.92 Å². The summed E-state index contributed by atoms with van der Waals surface area (Å²) in [6.45, 7) is 6.39. The highest BCUT2D eigenvalue weighted by Crippen LogP contribution is 2.31. The Hall–Kier alpha value is -4.40. The Kier molecular flexibility index (Phi) is 8.28. The molecular weight excluding hydrogens is 506 g/mol. The van der Waals surface area contributed by atoms with Crippen molar-refractivity contribution in [2.75, 3.05) is 54.4 Å². The number of aryl methyl sites for hydroxylation is 1. The fourth-order valence-electron chi connectivity index (χ4n) is 5.41. The molecule has 9 nitrogen and oxygen atoms in total. The quantitative estimate of drug-likeness (QED) is 0.319. The van der Waals surface area contributed by atoms with Gasteiger partial charge < -0.3 is 20.0 Å². The second kappa shape index (κ2) is 12.2. The molecule has 9 heteroatoms. The first kappa shape index (κ1) is 27.2.